The van der Waals surface area contributed by atoms with E-state index in [-0.39, 0.29) is 6.04 Å². The molecular weight excluding hydrogens is 266 g/mol. The van der Waals surface area contributed by atoms with Crippen LogP contribution >= 0.6 is 11.3 Å². The lowest BCUT2D eigenvalue weighted by Crippen LogP contribution is -2.47. The zero-order valence-corrected chi connectivity index (χ0v) is 13.9. The maximum absolute atomic E-state index is 6.49. The van der Waals surface area contributed by atoms with Crippen LogP contribution in [0.3, 0.4) is 0 Å². The van der Waals surface area contributed by atoms with E-state index >= 15 is 0 Å². The molecule has 1 aromatic rings. The zero-order valence-electron chi connectivity index (χ0n) is 13.1. The summed E-state index contributed by atoms with van der Waals surface area (Å²) in [4.78, 5) is 6.59. The lowest BCUT2D eigenvalue weighted by atomic mass is 10.00. The van der Waals surface area contributed by atoms with Crippen LogP contribution in [0.15, 0.2) is 17.5 Å². The summed E-state index contributed by atoms with van der Waals surface area (Å²) in [5, 5.41) is 2.18. The van der Waals surface area contributed by atoms with Crippen molar-refractivity contribution >= 4 is 11.3 Å². The summed E-state index contributed by atoms with van der Waals surface area (Å²) in [6, 6.07) is 5.64. The van der Waals surface area contributed by atoms with E-state index in [0.717, 1.165) is 13.0 Å². The smallest absolute Gasteiger partial charge is 0.0596 e. The van der Waals surface area contributed by atoms with E-state index in [0.29, 0.717) is 12.1 Å². The van der Waals surface area contributed by atoms with Gasteiger partial charge in [-0.25, -0.2) is 0 Å². The molecule has 3 atom stereocenters. The summed E-state index contributed by atoms with van der Waals surface area (Å²) in [7, 11) is 2.24. The quantitative estimate of drug-likeness (QED) is 0.906. The van der Waals surface area contributed by atoms with Gasteiger partial charge in [0, 0.05) is 30.1 Å². The van der Waals surface area contributed by atoms with Crippen molar-refractivity contribution in [2.45, 2.75) is 51.2 Å². The van der Waals surface area contributed by atoms with E-state index < -0.39 is 0 Å². The highest BCUT2D eigenvalue weighted by atomic mass is 32.1. The molecule has 0 aliphatic carbocycles. The monoisotopic (exact) mass is 295 g/mol. The third-order valence-electron chi connectivity index (χ3n) is 4.49. The normalized spacial score (nSPS) is 25.3. The van der Waals surface area contributed by atoms with E-state index in [4.69, 9.17) is 5.73 Å². The molecule has 2 rings (SSSR count). The molecule has 0 spiro atoms. The van der Waals surface area contributed by atoms with Gasteiger partial charge in [0.25, 0.3) is 0 Å². The topological polar surface area (TPSA) is 32.5 Å². The van der Waals surface area contributed by atoms with Crippen molar-refractivity contribution < 1.29 is 0 Å². The summed E-state index contributed by atoms with van der Waals surface area (Å²) in [6.07, 6.45) is 3.47. The van der Waals surface area contributed by atoms with Crippen LogP contribution < -0.4 is 5.73 Å². The Hall–Kier alpha value is -0.420. The van der Waals surface area contributed by atoms with E-state index in [1.165, 1.54) is 30.8 Å². The van der Waals surface area contributed by atoms with E-state index in [9.17, 15) is 0 Å². The molecule has 1 aromatic heterocycles. The Morgan fingerprint density at radius 1 is 1.40 bits per heavy atom. The molecule has 1 aliphatic rings. The third-order valence-corrected chi connectivity index (χ3v) is 5.43. The first-order valence-corrected chi connectivity index (χ1v) is 8.78. The molecule has 3 unspecified atom stereocenters. The third kappa shape index (κ3) is 3.61. The van der Waals surface area contributed by atoms with Crippen molar-refractivity contribution in [3.05, 3.63) is 22.4 Å². The first-order chi connectivity index (χ1) is 9.67. The SMILES string of the molecule is CCC(N)C(c1cccs1)N1CCCN(C)CC1CC. The Morgan fingerprint density at radius 2 is 2.20 bits per heavy atom. The number of likely N-dealkylation sites (N-methyl/N-ethyl adjacent to an activating group) is 1. The maximum atomic E-state index is 6.49. The molecule has 20 heavy (non-hydrogen) atoms. The second-order valence-corrected chi connectivity index (χ2v) is 6.93. The molecular formula is C16H29N3S. The molecule has 3 nitrogen and oxygen atoms in total. The summed E-state index contributed by atoms with van der Waals surface area (Å²) >= 11 is 1.85. The largest absolute Gasteiger partial charge is 0.326 e. The average Bonchev–Trinajstić information content (AvgIpc) is 2.90. The zero-order chi connectivity index (χ0) is 14.5. The lowest BCUT2D eigenvalue weighted by Gasteiger charge is -2.39. The number of nitrogens with zero attached hydrogens (tertiary/aromatic N) is 2. The van der Waals surface area contributed by atoms with Gasteiger partial charge in [-0.1, -0.05) is 19.9 Å². The highest BCUT2D eigenvalue weighted by molar-refractivity contribution is 7.10. The van der Waals surface area contributed by atoms with Gasteiger partial charge in [0.05, 0.1) is 6.04 Å². The minimum atomic E-state index is 0.228. The molecule has 0 radical (unpaired) electrons. The molecule has 1 aliphatic heterocycles. The Morgan fingerprint density at radius 3 is 2.80 bits per heavy atom. The summed E-state index contributed by atoms with van der Waals surface area (Å²) < 4.78 is 0. The molecule has 114 valence electrons. The van der Waals surface area contributed by atoms with Crippen molar-refractivity contribution in [3.63, 3.8) is 0 Å². The van der Waals surface area contributed by atoms with Crippen molar-refractivity contribution in [1.29, 1.82) is 0 Å². The van der Waals surface area contributed by atoms with Gasteiger partial charge in [0.1, 0.15) is 0 Å². The highest BCUT2D eigenvalue weighted by Gasteiger charge is 2.32. The van der Waals surface area contributed by atoms with Crippen LogP contribution in [0.5, 0.6) is 0 Å². The maximum Gasteiger partial charge on any atom is 0.0596 e. The van der Waals surface area contributed by atoms with Gasteiger partial charge in [0.15, 0.2) is 0 Å². The Balaban J connectivity index is 2.25. The Bertz CT molecular complexity index is 379. The summed E-state index contributed by atoms with van der Waals surface area (Å²) in [6.45, 7) is 8.04. The average molecular weight is 295 g/mol. The lowest BCUT2D eigenvalue weighted by molar-refractivity contribution is 0.111. The molecule has 4 heteroatoms. The molecule has 0 saturated carbocycles. The second-order valence-electron chi connectivity index (χ2n) is 5.95. The second kappa shape index (κ2) is 7.55. The number of hydrogen-bond donors (Lipinski definition) is 1. The highest BCUT2D eigenvalue weighted by Crippen LogP contribution is 2.32. The van der Waals surface area contributed by atoms with Gasteiger partial charge in [0.2, 0.25) is 0 Å². The summed E-state index contributed by atoms with van der Waals surface area (Å²) in [5.74, 6) is 0. The molecule has 2 heterocycles. The predicted molar refractivity (Wildman–Crippen MR) is 88.2 cm³/mol. The fourth-order valence-electron chi connectivity index (χ4n) is 3.29. The van der Waals surface area contributed by atoms with E-state index in [2.05, 4.69) is 48.2 Å². The van der Waals surface area contributed by atoms with Gasteiger partial charge in [-0.15, -0.1) is 11.3 Å². The number of hydrogen-bond acceptors (Lipinski definition) is 4. The first-order valence-electron chi connectivity index (χ1n) is 7.90. The fourth-order valence-corrected chi connectivity index (χ4v) is 4.22. The predicted octanol–water partition coefficient (Wildman–Crippen LogP) is 2.94. The summed E-state index contributed by atoms with van der Waals surface area (Å²) in [5.41, 5.74) is 6.49. The molecule has 0 bridgehead atoms. The molecule has 2 N–H and O–H groups in total. The molecule has 1 fully saturated rings. The van der Waals surface area contributed by atoms with Crippen molar-refractivity contribution in [2.24, 2.45) is 5.73 Å². The Kier molecular flexibility index (Phi) is 6.02. The molecule has 0 aromatic carbocycles. The van der Waals surface area contributed by atoms with Gasteiger partial charge in [-0.2, -0.15) is 0 Å². The number of rotatable bonds is 5. The first kappa shape index (κ1) is 16.0. The molecule has 0 amide bonds. The number of thiophene rings is 1. The minimum absolute atomic E-state index is 0.228. The van der Waals surface area contributed by atoms with Gasteiger partial charge in [-0.05, 0) is 44.3 Å². The minimum Gasteiger partial charge on any atom is -0.326 e. The van der Waals surface area contributed by atoms with Gasteiger partial charge >= 0.3 is 0 Å². The van der Waals surface area contributed by atoms with Crippen LogP contribution in [-0.4, -0.2) is 48.6 Å². The van der Waals surface area contributed by atoms with E-state index in [1.807, 2.05) is 11.3 Å². The van der Waals surface area contributed by atoms with Gasteiger partial charge in [-0.3, -0.25) is 4.90 Å². The van der Waals surface area contributed by atoms with Crippen molar-refractivity contribution in [2.75, 3.05) is 26.7 Å². The fraction of sp³-hybridized carbons (Fsp3) is 0.750. The van der Waals surface area contributed by atoms with Crippen molar-refractivity contribution in [1.82, 2.24) is 9.80 Å². The number of nitrogens with two attached hydrogens (primary N) is 1. The van der Waals surface area contributed by atoms with Crippen LogP contribution in [0.25, 0.3) is 0 Å². The molecule has 1 saturated heterocycles. The Labute approximate surface area is 127 Å². The standard InChI is InChI=1S/C16H29N3S/c1-4-13-12-18(3)9-7-10-19(13)16(14(17)5-2)15-8-6-11-20-15/h6,8,11,13-14,16H,4-5,7,9-10,12,17H2,1-3H3. The van der Waals surface area contributed by atoms with Crippen LogP contribution in [0.1, 0.15) is 44.0 Å². The van der Waals surface area contributed by atoms with Crippen LogP contribution in [0.4, 0.5) is 0 Å². The van der Waals surface area contributed by atoms with E-state index in [1.54, 1.807) is 0 Å². The van der Waals surface area contributed by atoms with Gasteiger partial charge < -0.3 is 10.6 Å². The van der Waals surface area contributed by atoms with Crippen LogP contribution in [-0.2, 0) is 0 Å². The van der Waals surface area contributed by atoms with Crippen LogP contribution in [0, 0.1) is 0 Å². The van der Waals surface area contributed by atoms with Crippen molar-refractivity contribution in [3.8, 4) is 0 Å². The van der Waals surface area contributed by atoms with Crippen LogP contribution in [0.2, 0.25) is 0 Å².